The zero-order valence-corrected chi connectivity index (χ0v) is 16.4. The van der Waals surface area contributed by atoms with Crippen LogP contribution in [0.15, 0.2) is 76.4 Å². The quantitative estimate of drug-likeness (QED) is 0.468. The molecular weight excluding hydrogens is 396 g/mol. The van der Waals surface area contributed by atoms with Gasteiger partial charge in [0, 0.05) is 18.0 Å². The highest BCUT2D eigenvalue weighted by Crippen LogP contribution is 2.26. The first-order valence-electron chi connectivity index (χ1n) is 9.45. The van der Waals surface area contributed by atoms with Crippen LogP contribution in [0.4, 0.5) is 0 Å². The van der Waals surface area contributed by atoms with Crippen LogP contribution in [0.25, 0.3) is 33.9 Å². The summed E-state index contributed by atoms with van der Waals surface area (Å²) >= 11 is 0. The monoisotopic (exact) mass is 412 g/mol. The summed E-state index contributed by atoms with van der Waals surface area (Å²) in [6.45, 7) is 1.94. The van der Waals surface area contributed by atoms with Gasteiger partial charge in [0.2, 0.25) is 0 Å². The highest BCUT2D eigenvalue weighted by atomic mass is 16.3. The molecule has 1 aromatic carbocycles. The number of aryl methyl sites for hydroxylation is 1. The molecule has 0 fully saturated rings. The summed E-state index contributed by atoms with van der Waals surface area (Å²) in [6.07, 6.45) is 4.51. The van der Waals surface area contributed by atoms with Crippen molar-refractivity contribution in [1.29, 1.82) is 0 Å². The van der Waals surface area contributed by atoms with Crippen molar-refractivity contribution in [3.63, 3.8) is 0 Å². The lowest BCUT2D eigenvalue weighted by atomic mass is 10.1. The smallest absolute Gasteiger partial charge is 0.301 e. The number of hydrogen-bond donors (Lipinski definition) is 2. The molecule has 9 nitrogen and oxygen atoms in total. The third-order valence-corrected chi connectivity index (χ3v) is 4.76. The van der Waals surface area contributed by atoms with Gasteiger partial charge in [0.1, 0.15) is 11.2 Å². The Labute approximate surface area is 175 Å². The number of aromatic amines is 1. The Morgan fingerprint density at radius 1 is 1.13 bits per heavy atom. The van der Waals surface area contributed by atoms with E-state index in [0.29, 0.717) is 28.1 Å². The number of carbonyl (C=O) groups is 1. The molecule has 0 atom stereocenters. The summed E-state index contributed by atoms with van der Waals surface area (Å²) in [5, 5.41) is 6.94. The number of amides is 1. The fourth-order valence-corrected chi connectivity index (χ4v) is 3.29. The second kappa shape index (κ2) is 7.38. The second-order valence-corrected chi connectivity index (χ2v) is 6.90. The van der Waals surface area contributed by atoms with E-state index in [0.717, 1.165) is 10.2 Å². The summed E-state index contributed by atoms with van der Waals surface area (Å²) in [7, 11) is 0. The topological polar surface area (TPSA) is 119 Å². The first-order valence-corrected chi connectivity index (χ1v) is 9.45. The van der Waals surface area contributed by atoms with Crippen LogP contribution in [0.2, 0.25) is 0 Å². The molecule has 9 heteroatoms. The molecule has 5 rings (SSSR count). The number of hydrogen-bond acceptors (Lipinski definition) is 6. The van der Waals surface area contributed by atoms with Gasteiger partial charge in [-0.25, -0.2) is 4.98 Å². The van der Waals surface area contributed by atoms with Crippen LogP contribution < -0.4 is 11.0 Å². The highest BCUT2D eigenvalue weighted by Gasteiger charge is 2.21. The molecule has 4 aromatic heterocycles. The number of H-pyrrole nitrogens is 1. The fourth-order valence-electron chi connectivity index (χ4n) is 3.29. The first kappa shape index (κ1) is 18.5. The van der Waals surface area contributed by atoms with Crippen molar-refractivity contribution in [2.45, 2.75) is 6.92 Å². The fraction of sp³-hybridized carbons (Fsp3) is 0.0455. The SMILES string of the molecule is Cc1cccc(-c2nc3c(-c4ccco4)[nH]nc3c(=O)n2NC(=O)c2cccnc2)c1. The number of benzene rings is 1. The number of fused-ring (bicyclic) bond motifs is 1. The van der Waals surface area contributed by atoms with Crippen molar-refractivity contribution in [3.05, 3.63) is 88.7 Å². The number of aromatic nitrogens is 5. The standard InChI is InChI=1S/C22H16N6O3/c1-13-5-2-6-14(11-13)20-24-18-17(16-8-4-10-31-16)25-26-19(18)22(30)28(20)27-21(29)15-7-3-9-23-12-15/h2-12H,1H3,(H,25,26)(H,27,29). The van der Waals surface area contributed by atoms with Crippen molar-refractivity contribution in [2.24, 2.45) is 0 Å². The summed E-state index contributed by atoms with van der Waals surface area (Å²) in [4.78, 5) is 34.7. The van der Waals surface area contributed by atoms with Crippen LogP contribution in [0.3, 0.4) is 0 Å². The van der Waals surface area contributed by atoms with Crippen LogP contribution in [0, 0.1) is 6.92 Å². The van der Waals surface area contributed by atoms with Crippen molar-refractivity contribution < 1.29 is 9.21 Å². The Balaban J connectivity index is 1.73. The number of nitrogens with one attached hydrogen (secondary N) is 2. The van der Waals surface area contributed by atoms with Crippen LogP contribution in [-0.2, 0) is 0 Å². The minimum Gasteiger partial charge on any atom is -0.463 e. The molecule has 0 aliphatic rings. The van der Waals surface area contributed by atoms with Crippen molar-refractivity contribution in [3.8, 4) is 22.8 Å². The van der Waals surface area contributed by atoms with Crippen LogP contribution in [-0.4, -0.2) is 30.7 Å². The molecule has 0 radical (unpaired) electrons. The van der Waals surface area contributed by atoms with E-state index >= 15 is 0 Å². The summed E-state index contributed by atoms with van der Waals surface area (Å²) < 4.78 is 6.56. The Bertz CT molecular complexity index is 1450. The zero-order chi connectivity index (χ0) is 21.4. The van der Waals surface area contributed by atoms with Gasteiger partial charge in [0.15, 0.2) is 17.1 Å². The maximum Gasteiger partial charge on any atom is 0.301 e. The molecule has 4 heterocycles. The lowest BCUT2D eigenvalue weighted by Gasteiger charge is -2.14. The first-order chi connectivity index (χ1) is 15.1. The summed E-state index contributed by atoms with van der Waals surface area (Å²) in [5.74, 6) is 0.279. The number of rotatable bonds is 4. The molecule has 0 bridgehead atoms. The average Bonchev–Trinajstić information content (AvgIpc) is 3.46. The Kier molecular flexibility index (Phi) is 4.40. The minimum atomic E-state index is -0.521. The molecule has 31 heavy (non-hydrogen) atoms. The van der Waals surface area contributed by atoms with E-state index < -0.39 is 11.5 Å². The molecule has 0 saturated carbocycles. The third-order valence-electron chi connectivity index (χ3n) is 4.76. The van der Waals surface area contributed by atoms with E-state index in [1.165, 1.54) is 12.5 Å². The molecule has 0 aliphatic carbocycles. The Hall–Kier alpha value is -4.53. The molecule has 0 unspecified atom stereocenters. The van der Waals surface area contributed by atoms with Gasteiger partial charge in [-0.05, 0) is 37.3 Å². The van der Waals surface area contributed by atoms with E-state index in [9.17, 15) is 9.59 Å². The second-order valence-electron chi connectivity index (χ2n) is 6.90. The molecule has 1 amide bonds. The maximum atomic E-state index is 13.3. The minimum absolute atomic E-state index is 0.0780. The van der Waals surface area contributed by atoms with Gasteiger partial charge >= 0.3 is 5.56 Å². The maximum absolute atomic E-state index is 13.3. The molecule has 0 aliphatic heterocycles. The van der Waals surface area contributed by atoms with Gasteiger partial charge in [0.05, 0.1) is 11.8 Å². The van der Waals surface area contributed by atoms with Crippen LogP contribution in [0.5, 0.6) is 0 Å². The Morgan fingerprint density at radius 3 is 2.77 bits per heavy atom. The number of carbonyl (C=O) groups excluding carboxylic acids is 1. The van der Waals surface area contributed by atoms with Gasteiger partial charge in [-0.3, -0.25) is 25.1 Å². The van der Waals surface area contributed by atoms with Gasteiger partial charge in [0.25, 0.3) is 5.91 Å². The van der Waals surface area contributed by atoms with Gasteiger partial charge < -0.3 is 4.42 Å². The predicted octanol–water partition coefficient (Wildman–Crippen LogP) is 3.13. The molecule has 0 saturated heterocycles. The van der Waals surface area contributed by atoms with E-state index in [1.807, 2.05) is 31.2 Å². The van der Waals surface area contributed by atoms with Crippen LogP contribution >= 0.6 is 0 Å². The number of furan rings is 1. The van der Waals surface area contributed by atoms with Gasteiger partial charge in [-0.1, -0.05) is 23.8 Å². The molecule has 0 spiro atoms. The lowest BCUT2D eigenvalue weighted by molar-refractivity contribution is 0.101. The van der Waals surface area contributed by atoms with Crippen LogP contribution in [0.1, 0.15) is 15.9 Å². The van der Waals surface area contributed by atoms with Crippen molar-refractivity contribution >= 4 is 16.9 Å². The van der Waals surface area contributed by atoms with Crippen molar-refractivity contribution in [2.75, 3.05) is 5.43 Å². The number of nitrogens with zero attached hydrogens (tertiary/aromatic N) is 4. The summed E-state index contributed by atoms with van der Waals surface area (Å²) in [5.41, 5.74) is 4.98. The van der Waals surface area contributed by atoms with E-state index in [1.54, 1.807) is 30.5 Å². The van der Waals surface area contributed by atoms with Gasteiger partial charge in [-0.15, -0.1) is 0 Å². The summed E-state index contributed by atoms with van der Waals surface area (Å²) in [6, 6.07) is 14.2. The van der Waals surface area contributed by atoms with E-state index in [-0.39, 0.29) is 11.3 Å². The lowest BCUT2D eigenvalue weighted by Crippen LogP contribution is -2.35. The molecule has 152 valence electrons. The molecular formula is C22H16N6O3. The van der Waals surface area contributed by atoms with E-state index in [2.05, 4.69) is 25.6 Å². The normalized spacial score (nSPS) is 11.0. The predicted molar refractivity (Wildman–Crippen MR) is 114 cm³/mol. The zero-order valence-electron chi connectivity index (χ0n) is 16.4. The molecule has 2 N–H and O–H groups in total. The van der Waals surface area contributed by atoms with Gasteiger partial charge in [-0.2, -0.15) is 9.77 Å². The third kappa shape index (κ3) is 3.27. The molecule has 5 aromatic rings. The number of pyridine rings is 1. The average molecular weight is 412 g/mol. The van der Waals surface area contributed by atoms with E-state index in [4.69, 9.17) is 4.42 Å². The van der Waals surface area contributed by atoms with Crippen molar-refractivity contribution in [1.82, 2.24) is 24.8 Å². The largest absolute Gasteiger partial charge is 0.463 e. The highest BCUT2D eigenvalue weighted by molar-refractivity contribution is 6.00. The Morgan fingerprint density at radius 2 is 2.03 bits per heavy atom.